The van der Waals surface area contributed by atoms with Gasteiger partial charge in [-0.3, -0.25) is 9.48 Å². The van der Waals surface area contributed by atoms with Crippen molar-refractivity contribution in [2.24, 2.45) is 5.73 Å². The molecule has 0 aliphatic rings. The van der Waals surface area contributed by atoms with Crippen LogP contribution in [0.25, 0.3) is 0 Å². The molecular weight excluding hydrogens is 244 g/mol. The number of rotatable bonds is 7. The zero-order chi connectivity index (χ0) is 13.7. The van der Waals surface area contributed by atoms with Gasteiger partial charge in [0.25, 0.3) is 0 Å². The molecule has 3 N–H and O–H groups in total. The van der Waals surface area contributed by atoms with Crippen LogP contribution in [-0.4, -0.2) is 25.2 Å². The molecule has 0 unspecified atom stereocenters. The van der Waals surface area contributed by atoms with Crippen molar-refractivity contribution in [1.29, 1.82) is 0 Å². The topological polar surface area (TPSA) is 90.8 Å². The van der Waals surface area contributed by atoms with Gasteiger partial charge in [0.2, 0.25) is 5.91 Å². The first-order chi connectivity index (χ1) is 9.19. The van der Waals surface area contributed by atoms with Gasteiger partial charge in [-0.2, -0.15) is 5.10 Å². The van der Waals surface area contributed by atoms with Crippen molar-refractivity contribution >= 4 is 11.6 Å². The summed E-state index contributed by atoms with van der Waals surface area (Å²) in [4.78, 5) is 14.9. The lowest BCUT2D eigenvalue weighted by Gasteiger charge is -2.07. The summed E-state index contributed by atoms with van der Waals surface area (Å²) in [5, 5.41) is 7.29. The van der Waals surface area contributed by atoms with Crippen LogP contribution in [0.2, 0.25) is 0 Å². The van der Waals surface area contributed by atoms with Crippen LogP contribution in [0.4, 0.5) is 5.69 Å². The van der Waals surface area contributed by atoms with Gasteiger partial charge < -0.3 is 15.6 Å². The standard InChI is InChI=1S/C12H18N6O/c1-2-3-17-9-14-5-11(17)6-15-10-4-16-18(7-10)8-12(13)19/h4-5,7,9,15H,2-3,6,8H2,1H3,(H2,13,19). The molecule has 19 heavy (non-hydrogen) atoms. The average Bonchev–Trinajstić information content (AvgIpc) is 2.96. The summed E-state index contributed by atoms with van der Waals surface area (Å²) in [5.41, 5.74) is 7.07. The Balaban J connectivity index is 1.92. The van der Waals surface area contributed by atoms with E-state index in [1.54, 1.807) is 12.4 Å². The predicted molar refractivity (Wildman–Crippen MR) is 71.3 cm³/mol. The van der Waals surface area contributed by atoms with Gasteiger partial charge in [0.15, 0.2) is 0 Å². The molecule has 0 saturated carbocycles. The van der Waals surface area contributed by atoms with Crippen LogP contribution < -0.4 is 11.1 Å². The first-order valence-corrected chi connectivity index (χ1v) is 6.22. The van der Waals surface area contributed by atoms with Crippen molar-refractivity contribution in [1.82, 2.24) is 19.3 Å². The molecule has 0 spiro atoms. The third-order valence-corrected chi connectivity index (χ3v) is 2.69. The molecular formula is C12H18N6O. The number of aryl methyl sites for hydroxylation is 1. The molecule has 2 rings (SSSR count). The fourth-order valence-electron chi connectivity index (χ4n) is 1.83. The maximum absolute atomic E-state index is 10.8. The number of hydrogen-bond acceptors (Lipinski definition) is 4. The molecule has 2 aromatic rings. The van der Waals surface area contributed by atoms with Gasteiger partial charge in [-0.05, 0) is 6.42 Å². The van der Waals surface area contributed by atoms with Gasteiger partial charge >= 0.3 is 0 Å². The van der Waals surface area contributed by atoms with Crippen LogP contribution >= 0.6 is 0 Å². The van der Waals surface area contributed by atoms with E-state index in [-0.39, 0.29) is 6.54 Å². The summed E-state index contributed by atoms with van der Waals surface area (Å²) in [5.74, 6) is -0.407. The summed E-state index contributed by atoms with van der Waals surface area (Å²) in [7, 11) is 0. The molecule has 0 radical (unpaired) electrons. The van der Waals surface area contributed by atoms with Crippen LogP contribution in [0.5, 0.6) is 0 Å². The third-order valence-electron chi connectivity index (χ3n) is 2.69. The summed E-state index contributed by atoms with van der Waals surface area (Å²) in [6, 6.07) is 0. The second-order valence-electron chi connectivity index (χ2n) is 4.32. The van der Waals surface area contributed by atoms with E-state index < -0.39 is 5.91 Å². The van der Waals surface area contributed by atoms with Crippen molar-refractivity contribution in [2.45, 2.75) is 33.0 Å². The van der Waals surface area contributed by atoms with Gasteiger partial charge in [-0.15, -0.1) is 0 Å². The molecule has 0 aromatic carbocycles. The van der Waals surface area contributed by atoms with E-state index in [4.69, 9.17) is 5.73 Å². The minimum absolute atomic E-state index is 0.0927. The van der Waals surface area contributed by atoms with Crippen LogP contribution in [0.3, 0.4) is 0 Å². The Kier molecular flexibility index (Phi) is 4.17. The Labute approximate surface area is 111 Å². The van der Waals surface area contributed by atoms with E-state index in [1.807, 2.05) is 12.5 Å². The van der Waals surface area contributed by atoms with Gasteiger partial charge in [0, 0.05) is 18.9 Å². The van der Waals surface area contributed by atoms with Crippen molar-refractivity contribution in [3.05, 3.63) is 30.6 Å². The Morgan fingerprint density at radius 1 is 1.47 bits per heavy atom. The molecule has 7 heteroatoms. The van der Waals surface area contributed by atoms with Gasteiger partial charge in [0.1, 0.15) is 6.54 Å². The molecule has 0 aliphatic carbocycles. The first kappa shape index (κ1) is 13.1. The maximum Gasteiger partial charge on any atom is 0.239 e. The largest absolute Gasteiger partial charge is 0.377 e. The Hall–Kier alpha value is -2.31. The van der Waals surface area contributed by atoms with Crippen molar-refractivity contribution in [2.75, 3.05) is 5.32 Å². The van der Waals surface area contributed by atoms with Crippen molar-refractivity contribution in [3.8, 4) is 0 Å². The van der Waals surface area contributed by atoms with Crippen LogP contribution in [0.1, 0.15) is 19.0 Å². The highest BCUT2D eigenvalue weighted by Crippen LogP contribution is 2.08. The summed E-state index contributed by atoms with van der Waals surface area (Å²) >= 11 is 0. The number of carbonyl (C=O) groups excluding carboxylic acids is 1. The molecule has 0 saturated heterocycles. The molecule has 102 valence electrons. The van der Waals surface area contributed by atoms with Gasteiger partial charge in [-0.1, -0.05) is 6.92 Å². The van der Waals surface area contributed by atoms with E-state index in [9.17, 15) is 4.79 Å². The van der Waals surface area contributed by atoms with E-state index >= 15 is 0 Å². The lowest BCUT2D eigenvalue weighted by molar-refractivity contribution is -0.118. The zero-order valence-corrected chi connectivity index (χ0v) is 10.9. The second-order valence-corrected chi connectivity index (χ2v) is 4.32. The highest BCUT2D eigenvalue weighted by molar-refractivity contribution is 5.73. The number of aromatic nitrogens is 4. The van der Waals surface area contributed by atoms with E-state index in [0.717, 1.165) is 24.3 Å². The third kappa shape index (κ3) is 3.57. The number of imidazole rings is 1. The fourth-order valence-corrected chi connectivity index (χ4v) is 1.83. The summed E-state index contributed by atoms with van der Waals surface area (Å²) in [6.07, 6.45) is 8.17. The van der Waals surface area contributed by atoms with E-state index in [0.29, 0.717) is 6.54 Å². The number of nitrogens with one attached hydrogen (secondary N) is 1. The van der Waals surface area contributed by atoms with Crippen molar-refractivity contribution < 1.29 is 4.79 Å². The predicted octanol–water partition coefficient (Wildman–Crippen LogP) is 0.587. The average molecular weight is 262 g/mol. The minimum Gasteiger partial charge on any atom is -0.377 e. The Bertz CT molecular complexity index is 544. The highest BCUT2D eigenvalue weighted by Gasteiger charge is 2.04. The first-order valence-electron chi connectivity index (χ1n) is 6.22. The second kappa shape index (κ2) is 6.03. The quantitative estimate of drug-likeness (QED) is 0.764. The highest BCUT2D eigenvalue weighted by atomic mass is 16.1. The molecule has 1 amide bonds. The molecule has 0 aliphatic heterocycles. The smallest absolute Gasteiger partial charge is 0.239 e. The molecule has 7 nitrogen and oxygen atoms in total. The lowest BCUT2D eigenvalue weighted by Crippen LogP contribution is -2.18. The maximum atomic E-state index is 10.8. The molecule has 2 heterocycles. The van der Waals surface area contributed by atoms with E-state index in [2.05, 4.69) is 26.9 Å². The van der Waals surface area contributed by atoms with Crippen molar-refractivity contribution in [3.63, 3.8) is 0 Å². The minimum atomic E-state index is -0.407. The number of carbonyl (C=O) groups is 1. The van der Waals surface area contributed by atoms with Gasteiger partial charge in [0.05, 0.1) is 30.5 Å². The number of nitrogens with zero attached hydrogens (tertiary/aromatic N) is 4. The Morgan fingerprint density at radius 2 is 2.32 bits per heavy atom. The normalized spacial score (nSPS) is 10.6. The molecule has 0 bridgehead atoms. The number of primary amides is 1. The molecule has 0 fully saturated rings. The van der Waals surface area contributed by atoms with Crippen LogP contribution in [-0.2, 0) is 24.4 Å². The lowest BCUT2D eigenvalue weighted by atomic mass is 10.4. The summed E-state index contributed by atoms with van der Waals surface area (Å²) in [6.45, 7) is 3.85. The monoisotopic (exact) mass is 262 g/mol. The molecule has 0 atom stereocenters. The summed E-state index contributed by atoms with van der Waals surface area (Å²) < 4.78 is 3.62. The molecule has 2 aromatic heterocycles. The van der Waals surface area contributed by atoms with Crippen LogP contribution in [0, 0.1) is 0 Å². The Morgan fingerprint density at radius 3 is 3.05 bits per heavy atom. The zero-order valence-electron chi connectivity index (χ0n) is 10.9. The fraction of sp³-hybridized carbons (Fsp3) is 0.417. The van der Waals surface area contributed by atoms with Gasteiger partial charge in [-0.25, -0.2) is 4.98 Å². The number of hydrogen-bond donors (Lipinski definition) is 2. The number of nitrogens with two attached hydrogens (primary N) is 1. The van der Waals surface area contributed by atoms with Crippen LogP contribution in [0.15, 0.2) is 24.9 Å². The SMILES string of the molecule is CCCn1cncc1CNc1cnn(CC(N)=O)c1. The van der Waals surface area contributed by atoms with E-state index in [1.165, 1.54) is 4.68 Å². The number of anilines is 1. The number of amides is 1.